The fraction of sp³-hybridized carbons (Fsp3) is 0.0588. The number of anilines is 1. The van der Waals surface area contributed by atoms with E-state index in [1.807, 2.05) is 6.92 Å². The molecule has 0 saturated carbocycles. The summed E-state index contributed by atoms with van der Waals surface area (Å²) in [4.78, 5) is 24.2. The minimum atomic E-state index is -0.339. The Balaban J connectivity index is 1.74. The predicted octanol–water partition coefficient (Wildman–Crippen LogP) is 4.53. The predicted molar refractivity (Wildman–Crippen MR) is 95.5 cm³/mol. The van der Waals surface area contributed by atoms with Crippen molar-refractivity contribution >= 4 is 34.8 Å². The van der Waals surface area contributed by atoms with Gasteiger partial charge in [-0.05, 0) is 42.8 Å². The topological polar surface area (TPSA) is 77.0 Å². The van der Waals surface area contributed by atoms with E-state index in [1.54, 1.807) is 36.7 Å². The van der Waals surface area contributed by atoms with Gasteiger partial charge in [-0.1, -0.05) is 23.2 Å². The van der Waals surface area contributed by atoms with Crippen molar-refractivity contribution in [1.29, 1.82) is 0 Å². The van der Waals surface area contributed by atoms with Crippen molar-refractivity contribution < 1.29 is 9.53 Å². The van der Waals surface area contributed by atoms with Crippen LogP contribution >= 0.6 is 23.2 Å². The molecule has 0 bridgehead atoms. The van der Waals surface area contributed by atoms with E-state index in [2.05, 4.69) is 20.3 Å². The lowest BCUT2D eigenvalue weighted by molar-refractivity contribution is 0.102. The lowest BCUT2D eigenvalue weighted by Crippen LogP contribution is -2.13. The zero-order chi connectivity index (χ0) is 17.8. The third kappa shape index (κ3) is 4.23. The molecule has 2 heterocycles. The minimum Gasteiger partial charge on any atom is -0.424 e. The average Bonchev–Trinajstić information content (AvgIpc) is 2.60. The van der Waals surface area contributed by atoms with E-state index in [-0.39, 0.29) is 22.1 Å². The summed E-state index contributed by atoms with van der Waals surface area (Å²) in [7, 11) is 0. The molecular formula is C17H12Cl2N4O2. The number of benzene rings is 1. The molecule has 3 aromatic rings. The van der Waals surface area contributed by atoms with Crippen molar-refractivity contribution in [2.24, 2.45) is 0 Å². The number of aromatic nitrogens is 3. The van der Waals surface area contributed by atoms with Crippen LogP contribution in [0.2, 0.25) is 10.2 Å². The molecule has 6 nitrogen and oxygen atoms in total. The van der Waals surface area contributed by atoms with Crippen LogP contribution in [-0.4, -0.2) is 20.9 Å². The van der Waals surface area contributed by atoms with E-state index in [9.17, 15) is 4.79 Å². The summed E-state index contributed by atoms with van der Waals surface area (Å²) in [6, 6.07) is 8.64. The molecule has 0 radical (unpaired) electrons. The number of rotatable bonds is 4. The Hall–Kier alpha value is -2.70. The molecule has 0 atom stereocenters. The SMILES string of the molecule is Cc1cc(Oc2ncccn2)ccc1NC(=O)c1cnc(Cl)c(Cl)c1. The van der Waals surface area contributed by atoms with Gasteiger partial charge in [0.1, 0.15) is 10.9 Å². The highest BCUT2D eigenvalue weighted by molar-refractivity contribution is 6.41. The Morgan fingerprint density at radius 1 is 1.12 bits per heavy atom. The van der Waals surface area contributed by atoms with Crippen LogP contribution in [0.5, 0.6) is 11.8 Å². The van der Waals surface area contributed by atoms with Gasteiger partial charge >= 0.3 is 6.01 Å². The molecule has 0 spiro atoms. The van der Waals surface area contributed by atoms with E-state index in [0.717, 1.165) is 5.56 Å². The third-order valence-electron chi connectivity index (χ3n) is 3.26. The summed E-state index contributed by atoms with van der Waals surface area (Å²) in [6.45, 7) is 1.85. The number of hydrogen-bond donors (Lipinski definition) is 1. The fourth-order valence-corrected chi connectivity index (χ4v) is 2.29. The van der Waals surface area contributed by atoms with Gasteiger partial charge in [-0.25, -0.2) is 15.0 Å². The molecule has 0 aliphatic heterocycles. The van der Waals surface area contributed by atoms with Gasteiger partial charge in [0.15, 0.2) is 0 Å². The highest BCUT2D eigenvalue weighted by Crippen LogP contribution is 2.25. The number of amides is 1. The van der Waals surface area contributed by atoms with E-state index >= 15 is 0 Å². The zero-order valence-corrected chi connectivity index (χ0v) is 14.5. The second kappa shape index (κ2) is 7.46. The van der Waals surface area contributed by atoms with Crippen molar-refractivity contribution in [3.63, 3.8) is 0 Å². The molecular weight excluding hydrogens is 363 g/mol. The van der Waals surface area contributed by atoms with Crippen molar-refractivity contribution in [2.45, 2.75) is 6.92 Å². The molecule has 0 aliphatic rings. The number of ether oxygens (including phenoxy) is 1. The maximum atomic E-state index is 12.3. The molecule has 0 fully saturated rings. The van der Waals surface area contributed by atoms with Crippen LogP contribution in [-0.2, 0) is 0 Å². The standard InChI is InChI=1S/C17H12Cl2N4O2/c1-10-7-12(25-17-20-5-2-6-21-17)3-4-14(10)23-16(24)11-8-13(18)15(19)22-9-11/h2-9H,1H3,(H,23,24). The quantitative estimate of drug-likeness (QED) is 0.678. The number of halogens is 2. The molecule has 0 saturated heterocycles. The normalized spacial score (nSPS) is 10.4. The molecule has 1 aromatic carbocycles. The first kappa shape index (κ1) is 17.1. The van der Waals surface area contributed by atoms with Gasteiger partial charge < -0.3 is 10.1 Å². The first-order valence-corrected chi connectivity index (χ1v) is 7.96. The Morgan fingerprint density at radius 3 is 2.56 bits per heavy atom. The van der Waals surface area contributed by atoms with Gasteiger partial charge in [0.05, 0.1) is 10.6 Å². The first-order chi connectivity index (χ1) is 12.0. The van der Waals surface area contributed by atoms with Gasteiger partial charge in [0, 0.05) is 24.3 Å². The lowest BCUT2D eigenvalue weighted by atomic mass is 10.1. The number of carbonyl (C=O) groups is 1. The van der Waals surface area contributed by atoms with Crippen LogP contribution < -0.4 is 10.1 Å². The third-order valence-corrected chi connectivity index (χ3v) is 3.94. The summed E-state index contributed by atoms with van der Waals surface area (Å²) in [5.74, 6) is 0.229. The van der Waals surface area contributed by atoms with E-state index in [4.69, 9.17) is 27.9 Å². The van der Waals surface area contributed by atoms with Crippen molar-refractivity contribution in [2.75, 3.05) is 5.32 Å². The molecule has 1 amide bonds. The summed E-state index contributed by atoms with van der Waals surface area (Å²) >= 11 is 11.6. The second-order valence-corrected chi connectivity index (χ2v) is 5.83. The molecule has 25 heavy (non-hydrogen) atoms. The molecule has 2 aromatic heterocycles. The Kier molecular flexibility index (Phi) is 5.11. The Morgan fingerprint density at radius 2 is 1.88 bits per heavy atom. The van der Waals surface area contributed by atoms with E-state index in [1.165, 1.54) is 12.3 Å². The minimum absolute atomic E-state index is 0.152. The monoisotopic (exact) mass is 374 g/mol. The summed E-state index contributed by atoms with van der Waals surface area (Å²) in [5.41, 5.74) is 1.76. The number of nitrogens with one attached hydrogen (secondary N) is 1. The fourth-order valence-electron chi connectivity index (χ4n) is 2.02. The Bertz CT molecular complexity index is 920. The summed E-state index contributed by atoms with van der Waals surface area (Å²) < 4.78 is 5.56. The zero-order valence-electron chi connectivity index (χ0n) is 13.0. The van der Waals surface area contributed by atoms with Gasteiger partial charge in [0.25, 0.3) is 5.91 Å². The number of nitrogens with zero attached hydrogens (tertiary/aromatic N) is 3. The molecule has 8 heteroatoms. The molecule has 0 unspecified atom stereocenters. The highest BCUT2D eigenvalue weighted by atomic mass is 35.5. The van der Waals surface area contributed by atoms with Crippen LogP contribution in [0.4, 0.5) is 5.69 Å². The van der Waals surface area contributed by atoms with E-state index < -0.39 is 0 Å². The number of hydrogen-bond acceptors (Lipinski definition) is 5. The van der Waals surface area contributed by atoms with Crippen LogP contribution in [0.3, 0.4) is 0 Å². The van der Waals surface area contributed by atoms with Gasteiger partial charge in [0.2, 0.25) is 0 Å². The maximum absolute atomic E-state index is 12.3. The van der Waals surface area contributed by atoms with Crippen molar-refractivity contribution in [3.05, 3.63) is 70.2 Å². The molecule has 1 N–H and O–H groups in total. The van der Waals surface area contributed by atoms with Crippen LogP contribution in [0.1, 0.15) is 15.9 Å². The number of carbonyl (C=O) groups excluding carboxylic acids is 1. The van der Waals surface area contributed by atoms with Gasteiger partial charge in [-0.2, -0.15) is 0 Å². The molecule has 126 valence electrons. The lowest BCUT2D eigenvalue weighted by Gasteiger charge is -2.10. The first-order valence-electron chi connectivity index (χ1n) is 7.21. The summed E-state index contributed by atoms with van der Waals surface area (Å²) in [5, 5.41) is 3.17. The maximum Gasteiger partial charge on any atom is 0.321 e. The van der Waals surface area contributed by atoms with E-state index in [0.29, 0.717) is 17.0 Å². The van der Waals surface area contributed by atoms with Crippen molar-refractivity contribution in [3.8, 4) is 11.8 Å². The van der Waals surface area contributed by atoms with Crippen LogP contribution in [0.25, 0.3) is 0 Å². The van der Waals surface area contributed by atoms with Crippen LogP contribution in [0, 0.1) is 6.92 Å². The van der Waals surface area contributed by atoms with Crippen molar-refractivity contribution in [1.82, 2.24) is 15.0 Å². The highest BCUT2D eigenvalue weighted by Gasteiger charge is 2.11. The van der Waals surface area contributed by atoms with Crippen LogP contribution in [0.15, 0.2) is 48.9 Å². The molecule has 0 aliphatic carbocycles. The number of aryl methyl sites for hydroxylation is 1. The second-order valence-electron chi connectivity index (χ2n) is 5.06. The molecule has 3 rings (SSSR count). The Labute approximate surface area is 153 Å². The average molecular weight is 375 g/mol. The smallest absolute Gasteiger partial charge is 0.321 e. The van der Waals surface area contributed by atoms with Gasteiger partial charge in [-0.3, -0.25) is 4.79 Å². The summed E-state index contributed by atoms with van der Waals surface area (Å²) in [6.07, 6.45) is 4.55. The largest absolute Gasteiger partial charge is 0.424 e. The van der Waals surface area contributed by atoms with Gasteiger partial charge in [-0.15, -0.1) is 0 Å². The number of pyridine rings is 1.